The number of amides is 1. The third-order valence-corrected chi connectivity index (χ3v) is 5.51. The van der Waals surface area contributed by atoms with E-state index in [9.17, 15) is 4.79 Å². The molecule has 5 nitrogen and oxygen atoms in total. The average Bonchev–Trinajstić information content (AvgIpc) is 3.27. The highest BCUT2D eigenvalue weighted by molar-refractivity contribution is 5.89. The molecule has 1 aliphatic rings. The molecule has 1 saturated heterocycles. The summed E-state index contributed by atoms with van der Waals surface area (Å²) in [6.07, 6.45) is 0.810. The van der Waals surface area contributed by atoms with Gasteiger partial charge in [-0.2, -0.15) is 0 Å². The minimum atomic E-state index is -0.498. The maximum Gasteiger partial charge on any atom is 0.232 e. The summed E-state index contributed by atoms with van der Waals surface area (Å²) in [4.78, 5) is 17.8. The van der Waals surface area contributed by atoms with E-state index in [4.69, 9.17) is 4.98 Å². The van der Waals surface area contributed by atoms with Gasteiger partial charge >= 0.3 is 0 Å². The van der Waals surface area contributed by atoms with Crippen LogP contribution in [-0.2, 0) is 23.8 Å². The molecule has 1 aliphatic heterocycles. The van der Waals surface area contributed by atoms with Gasteiger partial charge in [0.25, 0.3) is 0 Å². The van der Waals surface area contributed by atoms with Crippen LogP contribution in [0, 0.1) is 6.92 Å². The number of nitrogens with zero attached hydrogens (tertiary/aromatic N) is 2. The largest absolute Gasteiger partial charge is 0.348 e. The van der Waals surface area contributed by atoms with E-state index in [1.54, 1.807) is 0 Å². The molecule has 1 aromatic heterocycles. The number of hydrogen-bond acceptors (Lipinski definition) is 3. The lowest BCUT2D eigenvalue weighted by Gasteiger charge is -2.27. The van der Waals surface area contributed by atoms with Crippen LogP contribution >= 0.6 is 0 Å². The quantitative estimate of drug-likeness (QED) is 0.761. The Morgan fingerprint density at radius 2 is 2.04 bits per heavy atom. The number of imidazole rings is 1. The fourth-order valence-electron chi connectivity index (χ4n) is 4.02. The number of fused-ring (bicyclic) bond motifs is 1. The van der Waals surface area contributed by atoms with E-state index in [-0.39, 0.29) is 5.91 Å². The van der Waals surface area contributed by atoms with Crippen LogP contribution in [-0.4, -0.2) is 28.5 Å². The molecule has 4 rings (SSSR count). The summed E-state index contributed by atoms with van der Waals surface area (Å²) >= 11 is 0. The molecule has 0 spiro atoms. The van der Waals surface area contributed by atoms with Gasteiger partial charge in [0.2, 0.25) is 5.91 Å². The van der Waals surface area contributed by atoms with Crippen LogP contribution in [0.25, 0.3) is 11.0 Å². The maximum absolute atomic E-state index is 13.1. The van der Waals surface area contributed by atoms with Crippen molar-refractivity contribution in [1.82, 2.24) is 20.2 Å². The molecule has 1 atom stereocenters. The monoisotopic (exact) mass is 348 g/mol. The number of nitrogens with one attached hydrogen (secondary N) is 2. The number of carbonyl (C=O) groups excluding carboxylic acids is 1. The summed E-state index contributed by atoms with van der Waals surface area (Å²) in [6, 6.07) is 16.2. The van der Waals surface area contributed by atoms with Gasteiger partial charge in [0.1, 0.15) is 5.82 Å². The third-order valence-electron chi connectivity index (χ3n) is 5.51. The van der Waals surface area contributed by atoms with Crippen molar-refractivity contribution in [3.05, 3.63) is 65.5 Å². The molecule has 5 heteroatoms. The molecular weight excluding hydrogens is 324 g/mol. The van der Waals surface area contributed by atoms with Crippen LogP contribution in [0.2, 0.25) is 0 Å². The molecule has 134 valence electrons. The van der Waals surface area contributed by atoms with E-state index in [2.05, 4.69) is 28.2 Å². The number of benzene rings is 2. The Kier molecular flexibility index (Phi) is 4.24. The number of rotatable bonds is 4. The van der Waals surface area contributed by atoms with E-state index in [0.29, 0.717) is 13.1 Å². The molecule has 3 aromatic rings. The molecule has 1 amide bonds. The van der Waals surface area contributed by atoms with Gasteiger partial charge in [-0.15, -0.1) is 0 Å². The van der Waals surface area contributed by atoms with E-state index < -0.39 is 5.41 Å². The Hall–Kier alpha value is -2.66. The van der Waals surface area contributed by atoms with Crippen LogP contribution in [0.1, 0.15) is 23.4 Å². The van der Waals surface area contributed by atoms with Crippen molar-refractivity contribution in [3.8, 4) is 0 Å². The summed E-state index contributed by atoms with van der Waals surface area (Å²) in [7, 11) is 2.01. The predicted molar refractivity (Wildman–Crippen MR) is 103 cm³/mol. The summed E-state index contributed by atoms with van der Waals surface area (Å²) in [5.74, 6) is 0.939. The Balaban J connectivity index is 1.59. The summed E-state index contributed by atoms with van der Waals surface area (Å²) in [6.45, 7) is 4.04. The highest BCUT2D eigenvalue weighted by Crippen LogP contribution is 2.31. The molecule has 0 unspecified atom stereocenters. The van der Waals surface area contributed by atoms with Gasteiger partial charge in [0.05, 0.1) is 23.0 Å². The van der Waals surface area contributed by atoms with Crippen molar-refractivity contribution in [2.45, 2.75) is 25.3 Å². The topological polar surface area (TPSA) is 59.0 Å². The van der Waals surface area contributed by atoms with Gasteiger partial charge in [-0.1, -0.05) is 42.5 Å². The van der Waals surface area contributed by atoms with Crippen molar-refractivity contribution in [3.63, 3.8) is 0 Å². The van der Waals surface area contributed by atoms with Crippen molar-refractivity contribution in [2.75, 3.05) is 13.1 Å². The summed E-state index contributed by atoms with van der Waals surface area (Å²) < 4.78 is 2.08. The maximum atomic E-state index is 13.1. The molecule has 0 saturated carbocycles. The number of hydrogen-bond donors (Lipinski definition) is 2. The van der Waals surface area contributed by atoms with Gasteiger partial charge in [-0.05, 0) is 37.1 Å². The first-order valence-electron chi connectivity index (χ1n) is 9.07. The lowest BCUT2D eigenvalue weighted by molar-refractivity contribution is -0.126. The highest BCUT2D eigenvalue weighted by Gasteiger charge is 2.42. The number of aromatic nitrogens is 2. The van der Waals surface area contributed by atoms with Gasteiger partial charge < -0.3 is 15.2 Å². The zero-order valence-electron chi connectivity index (χ0n) is 15.2. The SMILES string of the molecule is Cc1cccc2nc(CNC(=O)[C@@]3(c4ccccc4)CCNC3)n(C)c12. The molecule has 2 aromatic carbocycles. The minimum Gasteiger partial charge on any atom is -0.348 e. The zero-order chi connectivity index (χ0) is 18.1. The molecule has 2 N–H and O–H groups in total. The average molecular weight is 348 g/mol. The second kappa shape index (κ2) is 6.57. The smallest absolute Gasteiger partial charge is 0.232 e. The Bertz CT molecular complexity index is 939. The zero-order valence-corrected chi connectivity index (χ0v) is 15.2. The second-order valence-corrected chi connectivity index (χ2v) is 7.09. The van der Waals surface area contributed by atoms with Crippen molar-refractivity contribution in [1.29, 1.82) is 0 Å². The molecule has 0 radical (unpaired) electrons. The fraction of sp³-hybridized carbons (Fsp3) is 0.333. The summed E-state index contributed by atoms with van der Waals surface area (Å²) in [5.41, 5.74) is 3.86. The Morgan fingerprint density at radius 1 is 1.23 bits per heavy atom. The first kappa shape index (κ1) is 16.8. The van der Waals surface area contributed by atoms with Gasteiger partial charge in [-0.25, -0.2) is 4.98 Å². The number of para-hydroxylation sites is 1. The normalized spacial score (nSPS) is 19.8. The van der Waals surface area contributed by atoms with Crippen LogP contribution < -0.4 is 10.6 Å². The standard InChI is InChI=1S/C21H24N4O/c1-15-7-6-10-17-19(15)25(2)18(24-17)13-23-20(26)21(11-12-22-14-21)16-8-4-3-5-9-16/h3-10,22H,11-14H2,1-2H3,(H,23,26)/t21-/m0/s1. The van der Waals surface area contributed by atoms with Crippen LogP contribution in [0.4, 0.5) is 0 Å². The Labute approximate surface area is 153 Å². The van der Waals surface area contributed by atoms with E-state index in [1.807, 2.05) is 49.5 Å². The van der Waals surface area contributed by atoms with E-state index in [0.717, 1.165) is 35.4 Å². The third kappa shape index (κ3) is 2.69. The molecule has 26 heavy (non-hydrogen) atoms. The number of aryl methyl sites for hydroxylation is 2. The first-order valence-corrected chi connectivity index (χ1v) is 9.07. The lowest BCUT2D eigenvalue weighted by atomic mass is 9.79. The molecule has 0 aliphatic carbocycles. The highest BCUT2D eigenvalue weighted by atomic mass is 16.2. The Morgan fingerprint density at radius 3 is 2.73 bits per heavy atom. The van der Waals surface area contributed by atoms with Crippen molar-refractivity contribution in [2.24, 2.45) is 7.05 Å². The molecule has 0 bridgehead atoms. The lowest BCUT2D eigenvalue weighted by Crippen LogP contribution is -2.46. The summed E-state index contributed by atoms with van der Waals surface area (Å²) in [5, 5.41) is 6.49. The van der Waals surface area contributed by atoms with Crippen LogP contribution in [0.5, 0.6) is 0 Å². The van der Waals surface area contributed by atoms with E-state index >= 15 is 0 Å². The van der Waals surface area contributed by atoms with Crippen molar-refractivity contribution < 1.29 is 4.79 Å². The molecular formula is C21H24N4O. The second-order valence-electron chi connectivity index (χ2n) is 7.09. The predicted octanol–water partition coefficient (Wildman–Crippen LogP) is 2.43. The van der Waals surface area contributed by atoms with Gasteiger partial charge in [0, 0.05) is 13.6 Å². The van der Waals surface area contributed by atoms with Crippen LogP contribution in [0.15, 0.2) is 48.5 Å². The minimum absolute atomic E-state index is 0.0671. The molecule has 2 heterocycles. The van der Waals surface area contributed by atoms with E-state index in [1.165, 1.54) is 5.56 Å². The fourth-order valence-corrected chi connectivity index (χ4v) is 4.02. The van der Waals surface area contributed by atoms with Crippen molar-refractivity contribution >= 4 is 16.9 Å². The van der Waals surface area contributed by atoms with Gasteiger partial charge in [-0.3, -0.25) is 4.79 Å². The number of carbonyl (C=O) groups is 1. The van der Waals surface area contributed by atoms with Crippen LogP contribution in [0.3, 0.4) is 0 Å². The van der Waals surface area contributed by atoms with Gasteiger partial charge in [0.15, 0.2) is 0 Å². The molecule has 1 fully saturated rings. The first-order chi connectivity index (χ1) is 12.6.